The monoisotopic (exact) mass is 425 g/mol. The quantitative estimate of drug-likeness (QED) is 0.307. The van der Waals surface area contributed by atoms with Crippen molar-refractivity contribution >= 4 is 29.9 Å². The second-order valence-corrected chi connectivity index (χ2v) is 6.33. The molecule has 2 saturated heterocycles. The molecule has 0 amide bonds. The van der Waals surface area contributed by atoms with Crippen LogP contribution in [0.2, 0.25) is 0 Å². The largest absolute Gasteiger partial charge is 0.381 e. The first kappa shape index (κ1) is 20.0. The molecule has 5 nitrogen and oxygen atoms in total. The number of guanidine groups is 1. The van der Waals surface area contributed by atoms with Gasteiger partial charge in [0.1, 0.15) is 0 Å². The molecule has 6 heteroatoms. The van der Waals surface area contributed by atoms with E-state index >= 15 is 0 Å². The highest BCUT2D eigenvalue weighted by molar-refractivity contribution is 14.0. The maximum Gasteiger partial charge on any atom is 0.193 e. The van der Waals surface area contributed by atoms with Gasteiger partial charge in [-0.15, -0.1) is 24.0 Å². The molecule has 1 N–H and O–H groups in total. The van der Waals surface area contributed by atoms with E-state index in [1.165, 1.54) is 12.8 Å². The van der Waals surface area contributed by atoms with Crippen LogP contribution >= 0.6 is 24.0 Å². The summed E-state index contributed by atoms with van der Waals surface area (Å²) in [5, 5.41) is 3.46. The lowest BCUT2D eigenvalue weighted by molar-refractivity contribution is 0.0887. The van der Waals surface area contributed by atoms with E-state index in [4.69, 9.17) is 9.47 Å². The maximum atomic E-state index is 5.72. The van der Waals surface area contributed by atoms with Crippen LogP contribution in [-0.2, 0) is 9.47 Å². The standard InChI is InChI=1S/C16H31N3O2.HI/c1-14-5-3-8-19(11-14)16(17-2)18-7-4-9-20-12-15-6-10-21-13-15;/h14-15H,3-13H2,1-2H3,(H,17,18);1H. The van der Waals surface area contributed by atoms with Gasteiger partial charge in [0.05, 0.1) is 13.2 Å². The summed E-state index contributed by atoms with van der Waals surface area (Å²) in [6, 6.07) is 0. The van der Waals surface area contributed by atoms with Crippen molar-refractivity contribution in [2.24, 2.45) is 16.8 Å². The van der Waals surface area contributed by atoms with Crippen molar-refractivity contribution < 1.29 is 9.47 Å². The lowest BCUT2D eigenvalue weighted by Gasteiger charge is -2.33. The predicted octanol–water partition coefficient (Wildman–Crippen LogP) is 2.35. The van der Waals surface area contributed by atoms with Crippen molar-refractivity contribution in [2.45, 2.75) is 32.6 Å². The lowest BCUT2D eigenvalue weighted by atomic mass is 10.0. The molecule has 0 radical (unpaired) electrons. The van der Waals surface area contributed by atoms with Crippen LogP contribution in [0.15, 0.2) is 4.99 Å². The van der Waals surface area contributed by atoms with E-state index < -0.39 is 0 Å². The second kappa shape index (κ2) is 11.5. The zero-order valence-corrected chi connectivity index (χ0v) is 16.4. The van der Waals surface area contributed by atoms with E-state index in [0.717, 1.165) is 70.8 Å². The Hall–Kier alpha value is -0.0800. The molecule has 2 aliphatic heterocycles. The number of likely N-dealkylation sites (tertiary alicyclic amines) is 1. The Kier molecular flexibility index (Phi) is 10.4. The first-order valence-corrected chi connectivity index (χ1v) is 8.40. The van der Waals surface area contributed by atoms with Gasteiger partial charge in [0.2, 0.25) is 0 Å². The van der Waals surface area contributed by atoms with Crippen molar-refractivity contribution in [1.29, 1.82) is 0 Å². The van der Waals surface area contributed by atoms with E-state index in [9.17, 15) is 0 Å². The molecule has 0 aromatic carbocycles. The van der Waals surface area contributed by atoms with E-state index in [1.807, 2.05) is 7.05 Å². The topological polar surface area (TPSA) is 46.1 Å². The summed E-state index contributed by atoms with van der Waals surface area (Å²) in [4.78, 5) is 6.78. The molecule has 0 aromatic heterocycles. The number of nitrogens with one attached hydrogen (secondary N) is 1. The third kappa shape index (κ3) is 7.00. The van der Waals surface area contributed by atoms with Crippen LogP contribution < -0.4 is 5.32 Å². The highest BCUT2D eigenvalue weighted by Crippen LogP contribution is 2.15. The highest BCUT2D eigenvalue weighted by atomic mass is 127. The third-order valence-electron chi connectivity index (χ3n) is 4.29. The molecule has 130 valence electrons. The molecular weight excluding hydrogens is 393 g/mol. The Balaban J connectivity index is 0.00000242. The van der Waals surface area contributed by atoms with Gasteiger partial charge in [0.25, 0.3) is 0 Å². The molecule has 0 aliphatic carbocycles. The van der Waals surface area contributed by atoms with Gasteiger partial charge in [-0.3, -0.25) is 4.99 Å². The number of aliphatic imine (C=N–C) groups is 1. The zero-order chi connectivity index (χ0) is 14.9. The molecule has 2 heterocycles. The second-order valence-electron chi connectivity index (χ2n) is 6.33. The smallest absolute Gasteiger partial charge is 0.193 e. The Labute approximate surface area is 152 Å². The van der Waals surface area contributed by atoms with E-state index in [-0.39, 0.29) is 24.0 Å². The number of ether oxygens (including phenoxy) is 2. The Morgan fingerprint density at radius 1 is 1.41 bits per heavy atom. The summed E-state index contributed by atoms with van der Waals surface area (Å²) in [5.74, 6) is 2.43. The minimum atomic E-state index is 0. The maximum absolute atomic E-state index is 5.72. The van der Waals surface area contributed by atoms with Crippen LogP contribution in [-0.4, -0.2) is 64.0 Å². The fourth-order valence-electron chi connectivity index (χ4n) is 3.05. The Morgan fingerprint density at radius 2 is 2.27 bits per heavy atom. The average Bonchev–Trinajstić information content (AvgIpc) is 3.00. The molecule has 2 fully saturated rings. The van der Waals surface area contributed by atoms with E-state index in [1.54, 1.807) is 0 Å². The van der Waals surface area contributed by atoms with Crippen molar-refractivity contribution in [1.82, 2.24) is 10.2 Å². The average molecular weight is 425 g/mol. The van der Waals surface area contributed by atoms with Crippen LogP contribution in [0.1, 0.15) is 32.6 Å². The summed E-state index contributed by atoms with van der Waals surface area (Å²) < 4.78 is 11.1. The fraction of sp³-hybridized carbons (Fsp3) is 0.938. The van der Waals surface area contributed by atoms with Crippen LogP contribution in [0.5, 0.6) is 0 Å². The lowest BCUT2D eigenvalue weighted by Crippen LogP contribution is -2.46. The molecule has 2 atom stereocenters. The number of nitrogens with zero attached hydrogens (tertiary/aromatic N) is 2. The predicted molar refractivity (Wildman–Crippen MR) is 101 cm³/mol. The summed E-state index contributed by atoms with van der Waals surface area (Å²) >= 11 is 0. The van der Waals surface area contributed by atoms with Gasteiger partial charge in [-0.2, -0.15) is 0 Å². The normalized spacial score (nSPS) is 25.9. The summed E-state index contributed by atoms with van der Waals surface area (Å²) in [6.07, 6.45) is 4.79. The van der Waals surface area contributed by atoms with Gasteiger partial charge < -0.3 is 19.7 Å². The molecule has 2 rings (SSSR count). The van der Waals surface area contributed by atoms with Crippen molar-refractivity contribution in [2.75, 3.05) is 53.1 Å². The van der Waals surface area contributed by atoms with Gasteiger partial charge in [0.15, 0.2) is 5.96 Å². The highest BCUT2D eigenvalue weighted by Gasteiger charge is 2.19. The van der Waals surface area contributed by atoms with E-state index in [2.05, 4.69) is 22.1 Å². The molecule has 0 aromatic rings. The first-order chi connectivity index (χ1) is 10.3. The first-order valence-electron chi connectivity index (χ1n) is 8.40. The number of halogens is 1. The van der Waals surface area contributed by atoms with Gasteiger partial charge in [-0.25, -0.2) is 0 Å². The fourth-order valence-corrected chi connectivity index (χ4v) is 3.05. The van der Waals surface area contributed by atoms with Gasteiger partial charge in [-0.05, 0) is 31.6 Å². The molecule has 0 bridgehead atoms. The van der Waals surface area contributed by atoms with Gasteiger partial charge in [0, 0.05) is 45.8 Å². The van der Waals surface area contributed by atoms with Crippen molar-refractivity contribution in [3.63, 3.8) is 0 Å². The molecule has 2 unspecified atom stereocenters. The van der Waals surface area contributed by atoms with Crippen LogP contribution in [0.4, 0.5) is 0 Å². The molecular formula is C16H32IN3O2. The van der Waals surface area contributed by atoms with Crippen molar-refractivity contribution in [3.05, 3.63) is 0 Å². The zero-order valence-electron chi connectivity index (χ0n) is 14.1. The van der Waals surface area contributed by atoms with Gasteiger partial charge in [-0.1, -0.05) is 6.92 Å². The molecule has 22 heavy (non-hydrogen) atoms. The van der Waals surface area contributed by atoms with Crippen LogP contribution in [0, 0.1) is 11.8 Å². The number of hydrogen-bond acceptors (Lipinski definition) is 3. The molecule has 2 aliphatic rings. The Bertz CT molecular complexity index is 323. The molecule has 0 saturated carbocycles. The van der Waals surface area contributed by atoms with Crippen LogP contribution in [0.3, 0.4) is 0 Å². The number of hydrogen-bond donors (Lipinski definition) is 1. The third-order valence-corrected chi connectivity index (χ3v) is 4.29. The number of rotatable bonds is 6. The minimum absolute atomic E-state index is 0. The SMILES string of the molecule is CN=C(NCCCOCC1CCOC1)N1CCCC(C)C1.I. The van der Waals surface area contributed by atoms with Gasteiger partial charge >= 0.3 is 0 Å². The summed E-state index contributed by atoms with van der Waals surface area (Å²) in [7, 11) is 1.87. The van der Waals surface area contributed by atoms with Crippen LogP contribution in [0.25, 0.3) is 0 Å². The minimum Gasteiger partial charge on any atom is -0.381 e. The number of piperidine rings is 1. The van der Waals surface area contributed by atoms with E-state index in [0.29, 0.717) is 5.92 Å². The van der Waals surface area contributed by atoms with Crippen molar-refractivity contribution in [3.8, 4) is 0 Å². The summed E-state index contributed by atoms with van der Waals surface area (Å²) in [6.45, 7) is 8.94. The summed E-state index contributed by atoms with van der Waals surface area (Å²) in [5.41, 5.74) is 0. The molecule has 0 spiro atoms. The Morgan fingerprint density at radius 3 is 2.95 bits per heavy atom.